The van der Waals surface area contributed by atoms with Gasteiger partial charge >= 0.3 is 0 Å². The van der Waals surface area contributed by atoms with Gasteiger partial charge in [0.15, 0.2) is 0 Å². The Morgan fingerprint density at radius 3 is 2.56 bits per heavy atom. The lowest BCUT2D eigenvalue weighted by Crippen LogP contribution is -2.59. The molecule has 0 aliphatic carbocycles. The maximum atomic E-state index is 3.37. The van der Waals surface area contributed by atoms with Gasteiger partial charge in [-0.1, -0.05) is 0 Å². The highest BCUT2D eigenvalue weighted by Crippen LogP contribution is 2.34. The van der Waals surface area contributed by atoms with Crippen molar-refractivity contribution in [1.29, 1.82) is 0 Å². The number of fused-ring (bicyclic) bond motifs is 3. The molecule has 0 amide bonds. The largest absolute Gasteiger partial charge is 0.318 e. The van der Waals surface area contributed by atoms with E-state index in [-0.39, 0.29) is 0 Å². The van der Waals surface area contributed by atoms with E-state index in [0.717, 1.165) is 18.0 Å². The molecule has 4 rings (SSSR count). The Hall–Kier alpha value is -0.120. The Morgan fingerprint density at radius 2 is 1.94 bits per heavy atom. The summed E-state index contributed by atoms with van der Waals surface area (Å²) in [6.45, 7) is 6.62. The van der Waals surface area contributed by atoms with Crippen LogP contribution in [0.4, 0.5) is 0 Å². The molecule has 92 valence electrons. The summed E-state index contributed by atoms with van der Waals surface area (Å²) in [4.78, 5) is 5.51. The highest BCUT2D eigenvalue weighted by atomic mass is 15.3. The first-order valence-corrected chi connectivity index (χ1v) is 7.01. The van der Waals surface area contributed by atoms with Crippen LogP contribution in [0.3, 0.4) is 0 Å². The van der Waals surface area contributed by atoms with Gasteiger partial charge in [0.2, 0.25) is 0 Å². The molecule has 2 bridgehead atoms. The number of nitrogens with zero attached hydrogens (tertiary/aromatic N) is 2. The number of hydrogen-bond acceptors (Lipinski definition) is 3. The van der Waals surface area contributed by atoms with E-state index < -0.39 is 0 Å². The maximum Gasteiger partial charge on any atom is 0.0255 e. The van der Waals surface area contributed by atoms with Crippen LogP contribution in [0.1, 0.15) is 25.7 Å². The number of likely N-dealkylation sites (N-methyl/N-ethyl adjacent to an activating group) is 1. The van der Waals surface area contributed by atoms with Gasteiger partial charge in [-0.25, -0.2) is 0 Å². The van der Waals surface area contributed by atoms with Crippen LogP contribution < -0.4 is 5.32 Å². The first-order valence-electron chi connectivity index (χ1n) is 7.01. The van der Waals surface area contributed by atoms with Crippen LogP contribution in [-0.4, -0.2) is 61.7 Å². The lowest BCUT2D eigenvalue weighted by Gasteiger charge is -2.49. The van der Waals surface area contributed by atoms with Crippen LogP contribution >= 0.6 is 0 Å². The maximum absolute atomic E-state index is 3.37. The Morgan fingerprint density at radius 1 is 1.12 bits per heavy atom. The monoisotopic (exact) mass is 223 g/mol. The van der Waals surface area contributed by atoms with E-state index in [1.54, 1.807) is 0 Å². The molecule has 1 N–H and O–H groups in total. The summed E-state index contributed by atoms with van der Waals surface area (Å²) >= 11 is 0. The summed E-state index contributed by atoms with van der Waals surface area (Å²) in [7, 11) is 2.09. The van der Waals surface area contributed by atoms with Crippen molar-refractivity contribution in [2.24, 2.45) is 5.92 Å². The molecule has 4 aliphatic rings. The van der Waals surface area contributed by atoms with E-state index >= 15 is 0 Å². The normalized spacial score (nSPS) is 44.1. The Kier molecular flexibility index (Phi) is 3.18. The van der Waals surface area contributed by atoms with Crippen LogP contribution in [0.25, 0.3) is 0 Å². The average Bonchev–Trinajstić information content (AvgIpc) is 2.79. The molecular formula is C13H25N3. The van der Waals surface area contributed by atoms with Crippen molar-refractivity contribution in [2.75, 3.05) is 39.8 Å². The quantitative estimate of drug-likeness (QED) is 0.762. The zero-order valence-electron chi connectivity index (χ0n) is 10.5. The number of rotatable bonds is 3. The second-order valence-corrected chi connectivity index (χ2v) is 5.80. The van der Waals surface area contributed by atoms with Gasteiger partial charge in [0.05, 0.1) is 0 Å². The molecule has 2 unspecified atom stereocenters. The Labute approximate surface area is 99.2 Å². The van der Waals surface area contributed by atoms with Gasteiger partial charge < -0.3 is 10.2 Å². The van der Waals surface area contributed by atoms with Crippen LogP contribution in [0, 0.1) is 5.92 Å². The highest BCUT2D eigenvalue weighted by Gasteiger charge is 2.40. The molecule has 0 aromatic carbocycles. The lowest BCUT2D eigenvalue weighted by atomic mass is 9.83. The number of nitrogens with one attached hydrogen (secondary N) is 1. The SMILES string of the molecule is CNCC1CCCN1C1CN2CCC1CC2. The van der Waals surface area contributed by atoms with Crippen molar-refractivity contribution >= 4 is 0 Å². The van der Waals surface area contributed by atoms with E-state index in [1.807, 2.05) is 0 Å². The molecule has 2 atom stereocenters. The van der Waals surface area contributed by atoms with Crippen molar-refractivity contribution in [3.8, 4) is 0 Å². The summed E-state index contributed by atoms with van der Waals surface area (Å²) in [5.41, 5.74) is 0. The minimum atomic E-state index is 0.815. The molecule has 4 saturated heterocycles. The van der Waals surface area contributed by atoms with E-state index in [9.17, 15) is 0 Å². The summed E-state index contributed by atoms with van der Waals surface area (Å²) < 4.78 is 0. The highest BCUT2D eigenvalue weighted by molar-refractivity contribution is 4.96. The van der Waals surface area contributed by atoms with Gasteiger partial charge in [0.1, 0.15) is 0 Å². The number of hydrogen-bond donors (Lipinski definition) is 1. The van der Waals surface area contributed by atoms with Gasteiger partial charge in [-0.05, 0) is 58.3 Å². The molecule has 0 spiro atoms. The first kappa shape index (κ1) is 11.0. The topological polar surface area (TPSA) is 18.5 Å². The standard InChI is InChI=1S/C13H25N3/c1-14-9-12-3-2-6-16(12)13-10-15-7-4-11(13)5-8-15/h11-14H,2-10H2,1H3. The van der Waals surface area contributed by atoms with E-state index in [0.29, 0.717) is 0 Å². The van der Waals surface area contributed by atoms with Gasteiger partial charge in [0.25, 0.3) is 0 Å². The average molecular weight is 223 g/mol. The fraction of sp³-hybridized carbons (Fsp3) is 1.00. The Bertz CT molecular complexity index is 235. The predicted octanol–water partition coefficient (Wildman–Crippen LogP) is 0.764. The molecule has 0 aromatic heterocycles. The molecule has 16 heavy (non-hydrogen) atoms. The van der Waals surface area contributed by atoms with Crippen LogP contribution in [-0.2, 0) is 0 Å². The summed E-state index contributed by atoms with van der Waals surface area (Å²) in [5.74, 6) is 1.00. The van der Waals surface area contributed by atoms with Crippen LogP contribution in [0.5, 0.6) is 0 Å². The zero-order chi connectivity index (χ0) is 11.0. The molecule has 0 aromatic rings. The van der Waals surface area contributed by atoms with Crippen LogP contribution in [0.15, 0.2) is 0 Å². The number of piperidine rings is 3. The minimum Gasteiger partial charge on any atom is -0.318 e. The molecule has 0 saturated carbocycles. The molecule has 0 radical (unpaired) electrons. The smallest absolute Gasteiger partial charge is 0.0255 e. The first-order chi connectivity index (χ1) is 7.88. The van der Waals surface area contributed by atoms with Gasteiger partial charge in [-0.15, -0.1) is 0 Å². The molecule has 3 nitrogen and oxygen atoms in total. The molecule has 3 heteroatoms. The second kappa shape index (κ2) is 4.63. The van der Waals surface area contributed by atoms with Crippen LogP contribution in [0.2, 0.25) is 0 Å². The lowest BCUT2D eigenvalue weighted by molar-refractivity contribution is -0.00000887. The fourth-order valence-electron chi connectivity index (χ4n) is 4.06. The minimum absolute atomic E-state index is 0.815. The third-order valence-electron chi connectivity index (χ3n) is 4.91. The number of likely N-dealkylation sites (tertiary alicyclic amines) is 1. The third kappa shape index (κ3) is 1.89. The van der Waals surface area contributed by atoms with Gasteiger partial charge in [-0.3, -0.25) is 4.90 Å². The Balaban J connectivity index is 1.67. The third-order valence-corrected chi connectivity index (χ3v) is 4.91. The van der Waals surface area contributed by atoms with Crippen molar-refractivity contribution in [1.82, 2.24) is 15.1 Å². The molecule has 4 heterocycles. The second-order valence-electron chi connectivity index (χ2n) is 5.80. The van der Waals surface area contributed by atoms with Crippen molar-refractivity contribution in [3.63, 3.8) is 0 Å². The van der Waals surface area contributed by atoms with Crippen molar-refractivity contribution < 1.29 is 0 Å². The molecule has 4 aliphatic heterocycles. The predicted molar refractivity (Wildman–Crippen MR) is 66.6 cm³/mol. The summed E-state index contributed by atoms with van der Waals surface area (Å²) in [6.07, 6.45) is 5.72. The van der Waals surface area contributed by atoms with E-state index in [1.165, 1.54) is 58.4 Å². The fourth-order valence-corrected chi connectivity index (χ4v) is 4.06. The molecular weight excluding hydrogens is 198 g/mol. The van der Waals surface area contributed by atoms with Crippen molar-refractivity contribution in [2.45, 2.75) is 37.8 Å². The van der Waals surface area contributed by atoms with E-state index in [4.69, 9.17) is 0 Å². The van der Waals surface area contributed by atoms with Gasteiger partial charge in [-0.2, -0.15) is 0 Å². The molecule has 4 fully saturated rings. The summed E-state index contributed by atoms with van der Waals surface area (Å²) in [6, 6.07) is 1.69. The van der Waals surface area contributed by atoms with Gasteiger partial charge in [0, 0.05) is 25.2 Å². The van der Waals surface area contributed by atoms with E-state index in [2.05, 4.69) is 22.2 Å². The zero-order valence-corrected chi connectivity index (χ0v) is 10.5. The summed E-state index contributed by atoms with van der Waals surface area (Å²) in [5, 5.41) is 3.37. The van der Waals surface area contributed by atoms with Crippen molar-refractivity contribution in [3.05, 3.63) is 0 Å².